The molecule has 1 fully saturated rings. The van der Waals surface area contributed by atoms with Crippen molar-refractivity contribution < 1.29 is 4.79 Å². The van der Waals surface area contributed by atoms with Gasteiger partial charge in [-0.1, -0.05) is 19.9 Å². The fourth-order valence-electron chi connectivity index (χ4n) is 3.25. The molecule has 0 radical (unpaired) electrons. The smallest absolute Gasteiger partial charge is 0.245 e. The molecule has 2 unspecified atom stereocenters. The van der Waals surface area contributed by atoms with Crippen LogP contribution >= 0.6 is 0 Å². The van der Waals surface area contributed by atoms with E-state index < -0.39 is 0 Å². The molecule has 5 nitrogen and oxygen atoms in total. The number of hydrogen-bond donors (Lipinski definition) is 3. The topological polar surface area (TPSA) is 70.4 Å². The summed E-state index contributed by atoms with van der Waals surface area (Å²) < 4.78 is 0. The Kier molecular flexibility index (Phi) is 3.87. The number of carbonyl (C=O) groups is 1. The number of amides is 1. The predicted molar refractivity (Wildman–Crippen MR) is 84.8 cm³/mol. The van der Waals surface area contributed by atoms with Gasteiger partial charge in [0.05, 0.1) is 0 Å². The molecule has 1 aromatic rings. The third kappa shape index (κ3) is 2.63. The lowest BCUT2D eigenvalue weighted by molar-refractivity contribution is -0.120. The lowest BCUT2D eigenvalue weighted by atomic mass is 9.96. The van der Waals surface area contributed by atoms with Gasteiger partial charge in [-0.2, -0.15) is 0 Å². The van der Waals surface area contributed by atoms with Gasteiger partial charge >= 0.3 is 0 Å². The SMILES string of the molecule is CC(C)C1CC(C(=O)N2CCCc3c(N)cccc32)NN1. The number of hydrogen-bond acceptors (Lipinski definition) is 4. The largest absolute Gasteiger partial charge is 0.398 e. The average Bonchev–Trinajstić information content (AvgIpc) is 2.96. The van der Waals surface area contributed by atoms with Crippen LogP contribution < -0.4 is 21.5 Å². The van der Waals surface area contributed by atoms with Crippen LogP contribution in [0.15, 0.2) is 18.2 Å². The molecule has 2 atom stereocenters. The van der Waals surface area contributed by atoms with Gasteiger partial charge in [-0.25, -0.2) is 5.43 Å². The predicted octanol–water partition coefficient (Wildman–Crippen LogP) is 1.44. The fourth-order valence-corrected chi connectivity index (χ4v) is 3.25. The van der Waals surface area contributed by atoms with Gasteiger partial charge in [0.15, 0.2) is 0 Å². The first-order chi connectivity index (χ1) is 10.1. The first-order valence-corrected chi connectivity index (χ1v) is 7.77. The molecule has 0 saturated carbocycles. The molecule has 21 heavy (non-hydrogen) atoms. The van der Waals surface area contributed by atoms with Gasteiger partial charge in [0.1, 0.15) is 6.04 Å². The Bertz CT molecular complexity index is 543. The number of benzene rings is 1. The van der Waals surface area contributed by atoms with Gasteiger partial charge < -0.3 is 10.6 Å². The van der Waals surface area contributed by atoms with Crippen molar-refractivity contribution in [2.75, 3.05) is 17.2 Å². The summed E-state index contributed by atoms with van der Waals surface area (Å²) in [6.45, 7) is 5.12. The van der Waals surface area contributed by atoms with Crippen LogP contribution in [0.2, 0.25) is 0 Å². The second-order valence-corrected chi connectivity index (χ2v) is 6.37. The van der Waals surface area contributed by atoms with E-state index in [0.717, 1.165) is 42.7 Å². The van der Waals surface area contributed by atoms with E-state index in [1.807, 2.05) is 23.1 Å². The van der Waals surface area contributed by atoms with Crippen LogP contribution in [-0.2, 0) is 11.2 Å². The number of nitrogens with one attached hydrogen (secondary N) is 2. The summed E-state index contributed by atoms with van der Waals surface area (Å²) in [5.74, 6) is 0.664. The molecule has 4 N–H and O–H groups in total. The maximum absolute atomic E-state index is 12.8. The molecule has 0 spiro atoms. The Morgan fingerprint density at radius 3 is 2.90 bits per heavy atom. The minimum absolute atomic E-state index is 0.148. The van der Waals surface area contributed by atoms with E-state index >= 15 is 0 Å². The van der Waals surface area contributed by atoms with Crippen molar-refractivity contribution in [2.24, 2.45) is 5.92 Å². The number of rotatable bonds is 2. The number of nitrogens with zero attached hydrogens (tertiary/aromatic N) is 1. The van der Waals surface area contributed by atoms with Crippen molar-refractivity contribution in [1.82, 2.24) is 10.9 Å². The summed E-state index contributed by atoms with van der Waals surface area (Å²) in [4.78, 5) is 14.7. The molecule has 114 valence electrons. The van der Waals surface area contributed by atoms with E-state index in [1.165, 1.54) is 0 Å². The number of carbonyl (C=O) groups excluding carboxylic acids is 1. The van der Waals surface area contributed by atoms with Gasteiger partial charge in [-0.3, -0.25) is 10.2 Å². The Labute approximate surface area is 125 Å². The average molecular weight is 288 g/mol. The van der Waals surface area contributed by atoms with E-state index in [4.69, 9.17) is 5.73 Å². The highest BCUT2D eigenvalue weighted by atomic mass is 16.2. The Balaban J connectivity index is 1.80. The van der Waals surface area contributed by atoms with Gasteiger partial charge in [-0.05, 0) is 42.9 Å². The number of hydrazine groups is 1. The summed E-state index contributed by atoms with van der Waals surface area (Å²) >= 11 is 0. The number of nitrogens with two attached hydrogens (primary N) is 1. The molecule has 1 saturated heterocycles. The number of fused-ring (bicyclic) bond motifs is 1. The van der Waals surface area contributed by atoms with Crippen LogP contribution in [0.3, 0.4) is 0 Å². The number of anilines is 2. The third-order valence-electron chi connectivity index (χ3n) is 4.59. The molecule has 2 heterocycles. The summed E-state index contributed by atoms with van der Waals surface area (Å²) in [5, 5.41) is 0. The summed E-state index contributed by atoms with van der Waals surface area (Å²) in [5.41, 5.74) is 15.3. The molecule has 0 bridgehead atoms. The maximum Gasteiger partial charge on any atom is 0.245 e. The van der Waals surface area contributed by atoms with Crippen molar-refractivity contribution in [3.63, 3.8) is 0 Å². The lowest BCUT2D eigenvalue weighted by Gasteiger charge is -2.32. The number of nitrogen functional groups attached to an aromatic ring is 1. The first kappa shape index (κ1) is 14.4. The minimum Gasteiger partial charge on any atom is -0.398 e. The van der Waals surface area contributed by atoms with Crippen molar-refractivity contribution in [1.29, 1.82) is 0 Å². The lowest BCUT2D eigenvalue weighted by Crippen LogP contribution is -2.47. The van der Waals surface area contributed by atoms with Crippen molar-refractivity contribution in [3.05, 3.63) is 23.8 Å². The van der Waals surface area contributed by atoms with Crippen LogP contribution in [0, 0.1) is 5.92 Å². The molecule has 3 rings (SSSR count). The zero-order valence-electron chi connectivity index (χ0n) is 12.7. The van der Waals surface area contributed by atoms with Gasteiger partial charge in [-0.15, -0.1) is 0 Å². The Hall–Kier alpha value is -1.59. The highest BCUT2D eigenvalue weighted by molar-refractivity contribution is 5.99. The van der Waals surface area contributed by atoms with Gasteiger partial charge in [0, 0.05) is 24.0 Å². The van der Waals surface area contributed by atoms with Gasteiger partial charge in [0.25, 0.3) is 0 Å². The van der Waals surface area contributed by atoms with Crippen LogP contribution in [0.5, 0.6) is 0 Å². The van der Waals surface area contributed by atoms with E-state index in [2.05, 4.69) is 24.7 Å². The molecule has 5 heteroatoms. The zero-order valence-corrected chi connectivity index (χ0v) is 12.7. The van der Waals surface area contributed by atoms with Crippen molar-refractivity contribution in [2.45, 2.75) is 45.2 Å². The molecular formula is C16H24N4O. The molecule has 0 aliphatic carbocycles. The van der Waals surface area contributed by atoms with Gasteiger partial charge in [0.2, 0.25) is 5.91 Å². The summed E-state index contributed by atoms with van der Waals surface area (Å²) in [6, 6.07) is 6.05. The molecule has 2 aliphatic rings. The van der Waals surface area contributed by atoms with E-state index in [9.17, 15) is 4.79 Å². The molecular weight excluding hydrogens is 264 g/mol. The van der Waals surface area contributed by atoms with Crippen LogP contribution in [0.25, 0.3) is 0 Å². The van der Waals surface area contributed by atoms with E-state index in [0.29, 0.717) is 12.0 Å². The Morgan fingerprint density at radius 2 is 2.19 bits per heavy atom. The normalized spacial score (nSPS) is 25.2. The standard InChI is InChI=1S/C16H24N4O/c1-10(2)13-9-14(19-18-13)16(21)20-8-4-5-11-12(17)6-3-7-15(11)20/h3,6-7,10,13-14,18-19H,4-5,8-9,17H2,1-2H3. The molecule has 2 aliphatic heterocycles. The highest BCUT2D eigenvalue weighted by Crippen LogP contribution is 2.32. The van der Waals surface area contributed by atoms with Crippen LogP contribution in [-0.4, -0.2) is 24.5 Å². The van der Waals surface area contributed by atoms with Crippen molar-refractivity contribution >= 4 is 17.3 Å². The van der Waals surface area contributed by atoms with Crippen LogP contribution in [0.1, 0.15) is 32.3 Å². The van der Waals surface area contributed by atoms with E-state index in [-0.39, 0.29) is 11.9 Å². The second-order valence-electron chi connectivity index (χ2n) is 6.37. The zero-order chi connectivity index (χ0) is 15.0. The molecule has 1 amide bonds. The summed E-state index contributed by atoms with van der Waals surface area (Å²) in [7, 11) is 0. The fraction of sp³-hybridized carbons (Fsp3) is 0.562. The third-order valence-corrected chi connectivity index (χ3v) is 4.59. The minimum atomic E-state index is -0.148. The quantitative estimate of drug-likeness (QED) is 0.720. The van der Waals surface area contributed by atoms with Crippen LogP contribution in [0.4, 0.5) is 11.4 Å². The summed E-state index contributed by atoms with van der Waals surface area (Å²) in [6.07, 6.45) is 2.77. The van der Waals surface area contributed by atoms with Crippen molar-refractivity contribution in [3.8, 4) is 0 Å². The maximum atomic E-state index is 12.8. The monoisotopic (exact) mass is 288 g/mol. The molecule has 1 aromatic carbocycles. The molecule has 0 aromatic heterocycles. The highest BCUT2D eigenvalue weighted by Gasteiger charge is 2.35. The second kappa shape index (κ2) is 5.66. The van der Waals surface area contributed by atoms with E-state index in [1.54, 1.807) is 0 Å². The Morgan fingerprint density at radius 1 is 1.38 bits per heavy atom. The first-order valence-electron chi connectivity index (χ1n) is 7.77.